The van der Waals surface area contributed by atoms with Crippen molar-refractivity contribution < 1.29 is 18.7 Å². The molecule has 1 aliphatic heterocycles. The van der Waals surface area contributed by atoms with Crippen molar-refractivity contribution in [3.8, 4) is 5.75 Å². The average Bonchev–Trinajstić information content (AvgIpc) is 2.62. The number of rotatable bonds is 6. The molecule has 1 aliphatic rings. The molecule has 26 heavy (non-hydrogen) atoms. The van der Waals surface area contributed by atoms with Gasteiger partial charge in [0, 0.05) is 12.1 Å². The predicted octanol–water partition coefficient (Wildman–Crippen LogP) is 3.36. The van der Waals surface area contributed by atoms with Gasteiger partial charge in [0.15, 0.2) is 11.6 Å². The first kappa shape index (κ1) is 17.9. The van der Waals surface area contributed by atoms with Gasteiger partial charge in [0.25, 0.3) is 0 Å². The summed E-state index contributed by atoms with van der Waals surface area (Å²) in [5.41, 5.74) is 2.89. The summed E-state index contributed by atoms with van der Waals surface area (Å²) in [6.07, 6.45) is 1.32. The lowest BCUT2D eigenvalue weighted by Gasteiger charge is -2.20. The molecule has 0 radical (unpaired) electrons. The molecule has 5 nitrogen and oxygen atoms in total. The maximum Gasteiger partial charge on any atom is 0.224 e. The molecule has 0 bridgehead atoms. The van der Waals surface area contributed by atoms with Crippen molar-refractivity contribution in [2.75, 3.05) is 11.9 Å². The van der Waals surface area contributed by atoms with E-state index in [9.17, 15) is 14.0 Å². The number of nitrogens with one attached hydrogen (secondary N) is 2. The zero-order valence-corrected chi connectivity index (χ0v) is 14.5. The predicted molar refractivity (Wildman–Crippen MR) is 96.5 cm³/mol. The van der Waals surface area contributed by atoms with E-state index in [0.29, 0.717) is 12.8 Å². The summed E-state index contributed by atoms with van der Waals surface area (Å²) in [4.78, 5) is 23.5. The number of aryl methyl sites for hydroxylation is 1. The van der Waals surface area contributed by atoms with E-state index < -0.39 is 5.82 Å². The zero-order valence-electron chi connectivity index (χ0n) is 14.5. The molecule has 0 fully saturated rings. The molecule has 2 amide bonds. The van der Waals surface area contributed by atoms with Gasteiger partial charge in [-0.15, -0.1) is 0 Å². The van der Waals surface area contributed by atoms with Crippen LogP contribution in [0.1, 0.15) is 36.9 Å². The lowest BCUT2D eigenvalue weighted by atomic mass is 9.98. The van der Waals surface area contributed by atoms with Crippen LogP contribution in [0.5, 0.6) is 5.75 Å². The number of benzene rings is 2. The molecular weight excluding hydrogens is 335 g/mol. The van der Waals surface area contributed by atoms with Crippen molar-refractivity contribution in [1.82, 2.24) is 5.32 Å². The Kier molecular flexibility index (Phi) is 5.51. The normalized spacial score (nSPS) is 14.2. The third kappa shape index (κ3) is 4.39. The van der Waals surface area contributed by atoms with Crippen LogP contribution < -0.4 is 15.4 Å². The van der Waals surface area contributed by atoms with E-state index in [-0.39, 0.29) is 36.6 Å². The van der Waals surface area contributed by atoms with E-state index in [1.54, 1.807) is 12.1 Å². The van der Waals surface area contributed by atoms with Gasteiger partial charge in [-0.1, -0.05) is 24.3 Å². The molecule has 2 N–H and O–H groups in total. The Morgan fingerprint density at radius 3 is 2.88 bits per heavy atom. The lowest BCUT2D eigenvalue weighted by Crippen LogP contribution is -2.28. The van der Waals surface area contributed by atoms with E-state index in [4.69, 9.17) is 4.74 Å². The van der Waals surface area contributed by atoms with Crippen LogP contribution in [0.3, 0.4) is 0 Å². The molecule has 0 saturated heterocycles. The molecule has 6 heteroatoms. The molecule has 0 aliphatic carbocycles. The van der Waals surface area contributed by atoms with Crippen molar-refractivity contribution in [3.05, 3.63) is 59.4 Å². The number of para-hydroxylation sites is 1. The number of carbonyl (C=O) groups excluding carboxylic acids is 2. The minimum absolute atomic E-state index is 0.0291. The highest BCUT2D eigenvalue weighted by Crippen LogP contribution is 2.26. The van der Waals surface area contributed by atoms with Gasteiger partial charge in [0.2, 0.25) is 11.8 Å². The Labute approximate surface area is 151 Å². The van der Waals surface area contributed by atoms with Crippen molar-refractivity contribution in [2.45, 2.75) is 32.2 Å². The Morgan fingerprint density at radius 2 is 2.08 bits per heavy atom. The Morgan fingerprint density at radius 1 is 1.27 bits per heavy atom. The van der Waals surface area contributed by atoms with Crippen molar-refractivity contribution in [2.24, 2.45) is 0 Å². The van der Waals surface area contributed by atoms with Crippen LogP contribution in [0.25, 0.3) is 0 Å². The van der Waals surface area contributed by atoms with Crippen LogP contribution in [-0.2, 0) is 16.0 Å². The first-order valence-corrected chi connectivity index (χ1v) is 8.62. The number of carbonyl (C=O) groups is 2. The summed E-state index contributed by atoms with van der Waals surface area (Å²) >= 11 is 0. The topological polar surface area (TPSA) is 67.4 Å². The van der Waals surface area contributed by atoms with Gasteiger partial charge in [0.05, 0.1) is 19.1 Å². The average molecular weight is 356 g/mol. The highest BCUT2D eigenvalue weighted by Gasteiger charge is 2.17. The monoisotopic (exact) mass is 356 g/mol. The van der Waals surface area contributed by atoms with Crippen LogP contribution in [0.15, 0.2) is 42.5 Å². The van der Waals surface area contributed by atoms with Gasteiger partial charge in [0.1, 0.15) is 0 Å². The molecule has 136 valence electrons. The van der Waals surface area contributed by atoms with Gasteiger partial charge in [-0.3, -0.25) is 9.59 Å². The quantitative estimate of drug-likeness (QED) is 0.834. The third-order valence-corrected chi connectivity index (χ3v) is 4.33. The van der Waals surface area contributed by atoms with Crippen LogP contribution in [0.4, 0.5) is 10.1 Å². The van der Waals surface area contributed by atoms with E-state index in [1.807, 2.05) is 25.1 Å². The molecule has 3 rings (SSSR count). The smallest absolute Gasteiger partial charge is 0.224 e. The van der Waals surface area contributed by atoms with Crippen LogP contribution in [0.2, 0.25) is 0 Å². The fourth-order valence-corrected chi connectivity index (χ4v) is 2.89. The fourth-order valence-electron chi connectivity index (χ4n) is 2.89. The van der Waals surface area contributed by atoms with Crippen LogP contribution >= 0.6 is 0 Å². The summed E-state index contributed by atoms with van der Waals surface area (Å²) in [6, 6.07) is 11.7. The Balaban J connectivity index is 1.51. The summed E-state index contributed by atoms with van der Waals surface area (Å²) in [5.74, 6) is -0.436. The van der Waals surface area contributed by atoms with Crippen molar-refractivity contribution in [3.63, 3.8) is 0 Å². The maximum absolute atomic E-state index is 13.5. The number of fused-ring (bicyclic) bond motifs is 1. The van der Waals surface area contributed by atoms with Gasteiger partial charge >= 0.3 is 0 Å². The molecule has 1 heterocycles. The van der Waals surface area contributed by atoms with Gasteiger partial charge in [-0.25, -0.2) is 4.39 Å². The van der Waals surface area contributed by atoms with E-state index in [1.165, 1.54) is 12.1 Å². The molecule has 1 unspecified atom stereocenters. The minimum atomic E-state index is -0.442. The van der Waals surface area contributed by atoms with E-state index in [2.05, 4.69) is 10.6 Å². The first-order valence-electron chi connectivity index (χ1n) is 8.62. The number of ether oxygens (including phenoxy) is 1. The summed E-state index contributed by atoms with van der Waals surface area (Å²) < 4.78 is 18.8. The van der Waals surface area contributed by atoms with Crippen molar-refractivity contribution in [1.29, 1.82) is 0 Å². The number of anilines is 1. The highest BCUT2D eigenvalue weighted by molar-refractivity contribution is 5.93. The molecule has 0 aromatic heterocycles. The summed E-state index contributed by atoms with van der Waals surface area (Å²) in [7, 11) is 0. The maximum atomic E-state index is 13.5. The molecule has 2 aromatic carbocycles. The molecular formula is C20H21FN2O3. The second-order valence-corrected chi connectivity index (χ2v) is 6.28. The third-order valence-electron chi connectivity index (χ3n) is 4.33. The standard InChI is InChI=1S/C20H21FN2O3/c1-13(14-6-8-17-15(12-14)7-9-19(24)23-17)22-20(25)10-11-26-18-5-3-2-4-16(18)21/h2-6,8,12-13H,7,9-11H2,1H3,(H,22,25)(H,23,24). The van der Waals surface area contributed by atoms with E-state index in [0.717, 1.165) is 16.8 Å². The lowest BCUT2D eigenvalue weighted by molar-refractivity contribution is -0.122. The van der Waals surface area contributed by atoms with Gasteiger partial charge in [-0.2, -0.15) is 0 Å². The Bertz CT molecular complexity index is 822. The second-order valence-electron chi connectivity index (χ2n) is 6.28. The van der Waals surface area contributed by atoms with Gasteiger partial charge < -0.3 is 15.4 Å². The van der Waals surface area contributed by atoms with Crippen molar-refractivity contribution >= 4 is 17.5 Å². The Hall–Kier alpha value is -2.89. The van der Waals surface area contributed by atoms with E-state index >= 15 is 0 Å². The van der Waals surface area contributed by atoms with Gasteiger partial charge in [-0.05, 0) is 42.7 Å². The minimum Gasteiger partial charge on any atom is -0.490 e. The fraction of sp³-hybridized carbons (Fsp3) is 0.300. The van der Waals surface area contributed by atoms with Crippen LogP contribution in [-0.4, -0.2) is 18.4 Å². The largest absolute Gasteiger partial charge is 0.490 e. The molecule has 2 aromatic rings. The summed E-state index contributed by atoms with van der Waals surface area (Å²) in [6.45, 7) is 2.01. The SMILES string of the molecule is CC(NC(=O)CCOc1ccccc1F)c1ccc2c(c1)CCC(=O)N2. The second kappa shape index (κ2) is 7.99. The number of hydrogen-bond acceptors (Lipinski definition) is 3. The molecule has 1 atom stereocenters. The number of halogens is 1. The molecule has 0 saturated carbocycles. The highest BCUT2D eigenvalue weighted by atomic mass is 19.1. The van der Waals surface area contributed by atoms with Crippen LogP contribution in [0, 0.1) is 5.82 Å². The number of hydrogen-bond donors (Lipinski definition) is 2. The zero-order chi connectivity index (χ0) is 18.5. The number of amides is 2. The molecule has 0 spiro atoms. The summed E-state index contributed by atoms with van der Waals surface area (Å²) in [5, 5.41) is 5.75. The first-order chi connectivity index (χ1) is 12.5.